The van der Waals surface area contributed by atoms with E-state index in [4.69, 9.17) is 11.6 Å². The quantitative estimate of drug-likeness (QED) is 0.445. The summed E-state index contributed by atoms with van der Waals surface area (Å²) in [6.45, 7) is 9.60. The lowest BCUT2D eigenvalue weighted by molar-refractivity contribution is 0.152. The molecule has 0 atom stereocenters. The molecule has 0 unspecified atom stereocenters. The van der Waals surface area contributed by atoms with Gasteiger partial charge in [0.2, 0.25) is 0 Å². The molecule has 2 saturated carbocycles. The van der Waals surface area contributed by atoms with Gasteiger partial charge in [0.25, 0.3) is 0 Å². The van der Waals surface area contributed by atoms with Crippen molar-refractivity contribution in [3.8, 4) is 0 Å². The number of rotatable bonds is 3. The molecule has 0 N–H and O–H groups in total. The van der Waals surface area contributed by atoms with E-state index < -0.39 is 0 Å². The van der Waals surface area contributed by atoms with E-state index in [-0.39, 0.29) is 0 Å². The Bertz CT molecular complexity index is 193. The van der Waals surface area contributed by atoms with Crippen LogP contribution in [0.1, 0.15) is 72.6 Å². The van der Waals surface area contributed by atoms with E-state index in [1.54, 1.807) is 0 Å². The Kier molecular flexibility index (Phi) is 5.16. The standard InChI is InChI=1S/C10H18.C5H11Cl/c1-9(2)8-4-6-10(9,3)7-5-8;1-2-3-4-5-6/h8H,4-7H2,1-3H3;2-5H2,1H3. The van der Waals surface area contributed by atoms with Crippen LogP contribution in [0.4, 0.5) is 0 Å². The van der Waals surface area contributed by atoms with Crippen LogP contribution < -0.4 is 0 Å². The lowest BCUT2D eigenvalue weighted by Gasteiger charge is -2.34. The van der Waals surface area contributed by atoms with Crippen LogP contribution in [0.2, 0.25) is 0 Å². The highest BCUT2D eigenvalue weighted by Crippen LogP contribution is 2.65. The van der Waals surface area contributed by atoms with E-state index >= 15 is 0 Å². The molecule has 0 aromatic carbocycles. The highest BCUT2D eigenvalue weighted by atomic mass is 35.5. The third-order valence-corrected chi connectivity index (χ3v) is 5.67. The first-order chi connectivity index (χ1) is 7.48. The van der Waals surface area contributed by atoms with E-state index in [1.807, 2.05) is 0 Å². The van der Waals surface area contributed by atoms with Crippen LogP contribution in [-0.4, -0.2) is 5.88 Å². The maximum atomic E-state index is 5.38. The number of hydrogen-bond donors (Lipinski definition) is 0. The second kappa shape index (κ2) is 5.76. The fourth-order valence-corrected chi connectivity index (χ4v) is 3.65. The normalized spacial score (nSPS) is 34.7. The van der Waals surface area contributed by atoms with Crippen LogP contribution in [0.3, 0.4) is 0 Å². The van der Waals surface area contributed by atoms with Crippen LogP contribution in [0.5, 0.6) is 0 Å². The molecule has 0 aromatic heterocycles. The minimum atomic E-state index is 0.660. The summed E-state index contributed by atoms with van der Waals surface area (Å²) in [4.78, 5) is 0. The molecule has 0 heterocycles. The molecule has 16 heavy (non-hydrogen) atoms. The SMILES string of the molecule is CC12CCC(CC1)C2(C)C.CCCCCCl. The molecule has 0 aliphatic heterocycles. The van der Waals surface area contributed by atoms with Crippen molar-refractivity contribution in [1.29, 1.82) is 0 Å². The summed E-state index contributed by atoms with van der Waals surface area (Å²) in [7, 11) is 0. The van der Waals surface area contributed by atoms with Crippen LogP contribution in [0.15, 0.2) is 0 Å². The first kappa shape index (κ1) is 14.4. The summed E-state index contributed by atoms with van der Waals surface area (Å²) < 4.78 is 0. The predicted molar refractivity (Wildman–Crippen MR) is 74.1 cm³/mol. The van der Waals surface area contributed by atoms with Gasteiger partial charge in [-0.2, -0.15) is 0 Å². The maximum Gasteiger partial charge on any atom is 0.0223 e. The van der Waals surface area contributed by atoms with Crippen molar-refractivity contribution in [1.82, 2.24) is 0 Å². The minimum Gasteiger partial charge on any atom is -0.127 e. The van der Waals surface area contributed by atoms with Gasteiger partial charge in [0.05, 0.1) is 0 Å². The zero-order valence-electron chi connectivity index (χ0n) is 11.6. The van der Waals surface area contributed by atoms with Gasteiger partial charge in [-0.1, -0.05) is 40.5 Å². The van der Waals surface area contributed by atoms with Crippen molar-refractivity contribution in [3.05, 3.63) is 0 Å². The minimum absolute atomic E-state index is 0.660. The van der Waals surface area contributed by atoms with Crippen LogP contribution in [0.25, 0.3) is 0 Å². The van der Waals surface area contributed by atoms with Crippen molar-refractivity contribution in [2.45, 2.75) is 72.6 Å². The van der Waals surface area contributed by atoms with E-state index in [9.17, 15) is 0 Å². The Hall–Kier alpha value is 0.290. The van der Waals surface area contributed by atoms with Gasteiger partial charge in [0, 0.05) is 5.88 Å². The number of halogens is 1. The molecule has 2 bridgehead atoms. The van der Waals surface area contributed by atoms with Gasteiger partial charge in [-0.3, -0.25) is 0 Å². The highest BCUT2D eigenvalue weighted by molar-refractivity contribution is 6.17. The van der Waals surface area contributed by atoms with E-state index in [1.165, 1.54) is 44.9 Å². The summed E-state index contributed by atoms with van der Waals surface area (Å²) >= 11 is 5.38. The first-order valence-electron chi connectivity index (χ1n) is 7.04. The molecule has 0 nitrogen and oxygen atoms in total. The van der Waals surface area contributed by atoms with Crippen molar-refractivity contribution >= 4 is 11.6 Å². The van der Waals surface area contributed by atoms with Gasteiger partial charge in [0.1, 0.15) is 0 Å². The Morgan fingerprint density at radius 1 is 1.06 bits per heavy atom. The Labute approximate surface area is 107 Å². The molecule has 0 amide bonds. The van der Waals surface area contributed by atoms with Crippen molar-refractivity contribution in [3.63, 3.8) is 0 Å². The molecule has 0 aromatic rings. The lowest BCUT2D eigenvalue weighted by Crippen LogP contribution is -2.26. The van der Waals surface area contributed by atoms with Crippen molar-refractivity contribution < 1.29 is 0 Å². The third-order valence-electron chi connectivity index (χ3n) is 5.40. The average molecular weight is 245 g/mol. The summed E-state index contributed by atoms with van der Waals surface area (Å²) in [5, 5.41) is 0. The molecule has 0 radical (unpaired) electrons. The maximum absolute atomic E-state index is 5.38. The molecule has 2 aliphatic rings. The topological polar surface area (TPSA) is 0 Å². The monoisotopic (exact) mass is 244 g/mol. The number of fused-ring (bicyclic) bond motifs is 2. The largest absolute Gasteiger partial charge is 0.127 e. The van der Waals surface area contributed by atoms with Gasteiger partial charge in [-0.15, -0.1) is 11.6 Å². The fourth-order valence-electron chi connectivity index (χ4n) is 3.46. The summed E-state index contributed by atoms with van der Waals surface area (Å²) in [6, 6.07) is 0. The van der Waals surface area contributed by atoms with Gasteiger partial charge >= 0.3 is 0 Å². The fraction of sp³-hybridized carbons (Fsp3) is 1.00. The highest BCUT2D eigenvalue weighted by Gasteiger charge is 2.55. The van der Waals surface area contributed by atoms with Crippen molar-refractivity contribution in [2.24, 2.45) is 16.7 Å². The molecule has 0 saturated heterocycles. The third kappa shape index (κ3) is 2.75. The smallest absolute Gasteiger partial charge is 0.0223 e. The summed E-state index contributed by atoms with van der Waals surface area (Å²) in [6.07, 6.45) is 9.72. The van der Waals surface area contributed by atoms with Crippen molar-refractivity contribution in [2.75, 3.05) is 5.88 Å². The predicted octanol–water partition coefficient (Wildman–Crippen LogP) is 5.64. The molecule has 2 fully saturated rings. The zero-order valence-corrected chi connectivity index (χ0v) is 12.4. The summed E-state index contributed by atoms with van der Waals surface area (Å²) in [5.41, 5.74) is 1.37. The van der Waals surface area contributed by atoms with E-state index in [0.717, 1.165) is 11.8 Å². The lowest BCUT2D eigenvalue weighted by atomic mass is 9.71. The zero-order chi connectivity index (χ0) is 12.2. The number of unbranched alkanes of at least 4 members (excludes halogenated alkanes) is 2. The Morgan fingerprint density at radius 3 is 1.75 bits per heavy atom. The van der Waals surface area contributed by atoms with Crippen LogP contribution in [-0.2, 0) is 0 Å². The van der Waals surface area contributed by atoms with Crippen LogP contribution >= 0.6 is 11.6 Å². The van der Waals surface area contributed by atoms with Gasteiger partial charge in [-0.25, -0.2) is 0 Å². The van der Waals surface area contributed by atoms with E-state index in [0.29, 0.717) is 10.8 Å². The Morgan fingerprint density at radius 2 is 1.62 bits per heavy atom. The number of hydrogen-bond acceptors (Lipinski definition) is 0. The Balaban J connectivity index is 0.000000187. The molecule has 96 valence electrons. The molecule has 2 aliphatic carbocycles. The van der Waals surface area contributed by atoms with Gasteiger partial charge < -0.3 is 0 Å². The molecule has 0 spiro atoms. The second-order valence-corrected chi connectivity index (χ2v) is 6.83. The molecule has 1 heteroatoms. The van der Waals surface area contributed by atoms with Gasteiger partial charge in [0.15, 0.2) is 0 Å². The molecular formula is C15H29Cl. The van der Waals surface area contributed by atoms with Crippen LogP contribution in [0, 0.1) is 16.7 Å². The average Bonchev–Trinajstić information content (AvgIpc) is 2.61. The second-order valence-electron chi connectivity index (χ2n) is 6.45. The molecule has 2 rings (SSSR count). The molecular weight excluding hydrogens is 216 g/mol. The van der Waals surface area contributed by atoms with Gasteiger partial charge in [-0.05, 0) is 48.9 Å². The number of alkyl halides is 1. The summed E-state index contributed by atoms with van der Waals surface area (Å²) in [5.74, 6) is 1.88. The van der Waals surface area contributed by atoms with E-state index in [2.05, 4.69) is 27.7 Å². The first-order valence-corrected chi connectivity index (χ1v) is 7.57.